The molecule has 0 radical (unpaired) electrons. The molecule has 0 unspecified atom stereocenters. The molecule has 0 aromatic heterocycles. The molecule has 0 spiro atoms. The highest BCUT2D eigenvalue weighted by Gasteiger charge is 2.07. The van der Waals surface area contributed by atoms with E-state index in [4.69, 9.17) is 5.11 Å². The third kappa shape index (κ3) is 6.70. The van der Waals surface area contributed by atoms with Crippen molar-refractivity contribution in [2.45, 2.75) is 38.5 Å². The Labute approximate surface area is 123 Å². The number of Topliss-reactive ketones (excluding diaryl/α,β-unsaturated/α-hetero) is 1. The maximum Gasteiger partial charge on any atom is 0.305 e. The zero-order chi connectivity index (χ0) is 15.7. The molecule has 0 aliphatic heterocycles. The van der Waals surface area contributed by atoms with Gasteiger partial charge in [0.05, 0.1) is 7.11 Å². The summed E-state index contributed by atoms with van der Waals surface area (Å²) < 4.78 is 4.57. The summed E-state index contributed by atoms with van der Waals surface area (Å²) in [6.07, 6.45) is 2.45. The van der Waals surface area contributed by atoms with Crippen molar-refractivity contribution in [1.82, 2.24) is 0 Å². The van der Waals surface area contributed by atoms with E-state index in [-0.39, 0.29) is 24.6 Å². The molecule has 0 fully saturated rings. The fourth-order valence-corrected chi connectivity index (χ4v) is 1.94. The number of benzene rings is 1. The Kier molecular flexibility index (Phi) is 7.15. The summed E-state index contributed by atoms with van der Waals surface area (Å²) in [7, 11) is 1.37. The van der Waals surface area contributed by atoms with E-state index in [9.17, 15) is 14.4 Å². The molecule has 5 nitrogen and oxygen atoms in total. The minimum atomic E-state index is -0.885. The number of hydrogen-bond acceptors (Lipinski definition) is 4. The number of carboxylic acid groups (broad SMARTS) is 1. The molecule has 0 amide bonds. The number of methoxy groups -OCH3 is 1. The molecule has 0 heterocycles. The number of ether oxygens (including phenoxy) is 1. The summed E-state index contributed by atoms with van der Waals surface area (Å²) >= 11 is 0. The lowest BCUT2D eigenvalue weighted by molar-refractivity contribution is -0.140. The lowest BCUT2D eigenvalue weighted by atomic mass is 10.0. The van der Waals surface area contributed by atoms with Crippen molar-refractivity contribution in [3.8, 4) is 0 Å². The molecule has 21 heavy (non-hydrogen) atoms. The lowest BCUT2D eigenvalue weighted by Gasteiger charge is -2.04. The van der Waals surface area contributed by atoms with Gasteiger partial charge in [-0.05, 0) is 24.8 Å². The van der Waals surface area contributed by atoms with Crippen LogP contribution in [-0.2, 0) is 20.7 Å². The number of aryl methyl sites for hydroxylation is 1. The quantitative estimate of drug-likeness (QED) is 0.559. The zero-order valence-corrected chi connectivity index (χ0v) is 12.1. The topological polar surface area (TPSA) is 80.7 Å². The predicted molar refractivity (Wildman–Crippen MR) is 77.2 cm³/mol. The van der Waals surface area contributed by atoms with Gasteiger partial charge in [-0.3, -0.25) is 14.4 Å². The highest BCUT2D eigenvalue weighted by Crippen LogP contribution is 2.11. The monoisotopic (exact) mass is 292 g/mol. The van der Waals surface area contributed by atoms with E-state index in [1.54, 1.807) is 12.1 Å². The van der Waals surface area contributed by atoms with E-state index in [1.807, 2.05) is 12.1 Å². The zero-order valence-electron chi connectivity index (χ0n) is 12.1. The first-order valence-corrected chi connectivity index (χ1v) is 6.93. The van der Waals surface area contributed by atoms with E-state index < -0.39 is 5.97 Å². The minimum Gasteiger partial charge on any atom is -0.481 e. The molecule has 0 aliphatic carbocycles. The maximum atomic E-state index is 11.8. The largest absolute Gasteiger partial charge is 0.481 e. The number of ketones is 1. The van der Waals surface area contributed by atoms with Crippen LogP contribution in [0.15, 0.2) is 24.3 Å². The van der Waals surface area contributed by atoms with Gasteiger partial charge < -0.3 is 9.84 Å². The fourth-order valence-electron chi connectivity index (χ4n) is 1.94. The molecular formula is C16H20O5. The highest BCUT2D eigenvalue weighted by atomic mass is 16.5. The molecule has 0 saturated heterocycles. The van der Waals surface area contributed by atoms with Crippen LogP contribution in [0.1, 0.15) is 48.0 Å². The summed E-state index contributed by atoms with van der Waals surface area (Å²) in [6, 6.07) is 7.22. The van der Waals surface area contributed by atoms with Crippen LogP contribution in [0.25, 0.3) is 0 Å². The number of hydrogen-bond donors (Lipinski definition) is 1. The lowest BCUT2D eigenvalue weighted by Crippen LogP contribution is -2.02. The predicted octanol–water partition coefficient (Wildman–Crippen LogP) is 2.62. The van der Waals surface area contributed by atoms with Crippen LogP contribution in [0.2, 0.25) is 0 Å². The molecule has 0 saturated carbocycles. The Morgan fingerprint density at radius 3 is 2.24 bits per heavy atom. The van der Waals surface area contributed by atoms with Crippen molar-refractivity contribution in [3.63, 3.8) is 0 Å². The van der Waals surface area contributed by atoms with Gasteiger partial charge in [0.2, 0.25) is 0 Å². The Balaban J connectivity index is 2.40. The number of rotatable bonds is 9. The summed E-state index contributed by atoms with van der Waals surface area (Å²) in [4.78, 5) is 33.2. The summed E-state index contributed by atoms with van der Waals surface area (Å²) in [6.45, 7) is 0. The smallest absolute Gasteiger partial charge is 0.305 e. The number of aliphatic carboxylic acids is 1. The van der Waals surface area contributed by atoms with Crippen molar-refractivity contribution in [1.29, 1.82) is 0 Å². The second-order valence-electron chi connectivity index (χ2n) is 4.80. The molecular weight excluding hydrogens is 272 g/mol. The van der Waals surface area contributed by atoms with Crippen LogP contribution in [0.5, 0.6) is 0 Å². The first-order chi connectivity index (χ1) is 10.0. The van der Waals surface area contributed by atoms with Gasteiger partial charge in [0, 0.05) is 24.8 Å². The Morgan fingerprint density at radius 2 is 1.67 bits per heavy atom. The van der Waals surface area contributed by atoms with Crippen molar-refractivity contribution in [2.75, 3.05) is 7.11 Å². The SMILES string of the molecule is COC(=O)CCCc1ccc(C(=O)CCCC(=O)O)cc1. The summed E-state index contributed by atoms with van der Waals surface area (Å²) in [5.41, 5.74) is 1.65. The van der Waals surface area contributed by atoms with Crippen LogP contribution < -0.4 is 0 Å². The number of carbonyl (C=O) groups excluding carboxylic acids is 2. The fraction of sp³-hybridized carbons (Fsp3) is 0.438. The van der Waals surface area contributed by atoms with E-state index in [0.29, 0.717) is 24.8 Å². The number of carbonyl (C=O) groups is 3. The van der Waals surface area contributed by atoms with Gasteiger partial charge in [0.15, 0.2) is 5.78 Å². The van der Waals surface area contributed by atoms with Crippen molar-refractivity contribution in [3.05, 3.63) is 35.4 Å². The third-order valence-electron chi connectivity index (χ3n) is 3.14. The second kappa shape index (κ2) is 8.89. The molecule has 1 aromatic carbocycles. The van der Waals surface area contributed by atoms with Crippen molar-refractivity contribution < 1.29 is 24.2 Å². The molecule has 1 rings (SSSR count). The first-order valence-electron chi connectivity index (χ1n) is 6.93. The minimum absolute atomic E-state index is 0.0113. The molecule has 0 atom stereocenters. The van der Waals surface area contributed by atoms with Gasteiger partial charge >= 0.3 is 11.9 Å². The van der Waals surface area contributed by atoms with E-state index >= 15 is 0 Å². The van der Waals surface area contributed by atoms with Crippen LogP contribution >= 0.6 is 0 Å². The van der Waals surface area contributed by atoms with Gasteiger partial charge in [-0.1, -0.05) is 24.3 Å². The van der Waals surface area contributed by atoms with Gasteiger partial charge in [0.25, 0.3) is 0 Å². The average Bonchev–Trinajstić information content (AvgIpc) is 2.47. The number of carboxylic acids is 1. The molecule has 0 aliphatic rings. The first kappa shape index (κ1) is 16.9. The Hall–Kier alpha value is -2.17. The summed E-state index contributed by atoms with van der Waals surface area (Å²) in [5, 5.41) is 8.53. The number of esters is 1. The molecule has 1 aromatic rings. The van der Waals surface area contributed by atoms with Crippen molar-refractivity contribution >= 4 is 17.7 Å². The molecule has 1 N–H and O–H groups in total. The van der Waals surface area contributed by atoms with Crippen LogP contribution in [-0.4, -0.2) is 29.9 Å². The Bertz CT molecular complexity index is 490. The molecule has 5 heteroatoms. The van der Waals surface area contributed by atoms with E-state index in [0.717, 1.165) is 12.0 Å². The molecule has 0 bridgehead atoms. The second-order valence-corrected chi connectivity index (χ2v) is 4.80. The normalized spacial score (nSPS) is 10.1. The van der Waals surface area contributed by atoms with Gasteiger partial charge in [-0.2, -0.15) is 0 Å². The Morgan fingerprint density at radius 1 is 1.00 bits per heavy atom. The molecule has 114 valence electrons. The van der Waals surface area contributed by atoms with Crippen molar-refractivity contribution in [2.24, 2.45) is 0 Å². The van der Waals surface area contributed by atoms with Crippen LogP contribution in [0.3, 0.4) is 0 Å². The van der Waals surface area contributed by atoms with Crippen LogP contribution in [0.4, 0.5) is 0 Å². The summed E-state index contributed by atoms with van der Waals surface area (Å²) in [5.74, 6) is -1.15. The van der Waals surface area contributed by atoms with Gasteiger partial charge in [0.1, 0.15) is 0 Å². The average molecular weight is 292 g/mol. The third-order valence-corrected chi connectivity index (χ3v) is 3.14. The highest BCUT2D eigenvalue weighted by molar-refractivity contribution is 5.96. The van der Waals surface area contributed by atoms with Gasteiger partial charge in [-0.25, -0.2) is 0 Å². The van der Waals surface area contributed by atoms with E-state index in [1.165, 1.54) is 7.11 Å². The van der Waals surface area contributed by atoms with Crippen LogP contribution in [0, 0.1) is 0 Å². The standard InChI is InChI=1S/C16H20O5/c1-21-16(20)7-2-4-12-8-10-13(11-9-12)14(17)5-3-6-15(18)19/h8-11H,2-7H2,1H3,(H,18,19). The van der Waals surface area contributed by atoms with Gasteiger partial charge in [-0.15, -0.1) is 0 Å². The van der Waals surface area contributed by atoms with E-state index in [2.05, 4.69) is 4.74 Å². The maximum absolute atomic E-state index is 11.8.